The van der Waals surface area contributed by atoms with Gasteiger partial charge in [0.25, 0.3) is 12.3 Å². The van der Waals surface area contributed by atoms with Crippen molar-refractivity contribution in [2.45, 2.75) is 13.3 Å². The third-order valence-electron chi connectivity index (χ3n) is 4.08. The average molecular weight is 372 g/mol. The number of aryl methyl sites for hydroxylation is 1. The Morgan fingerprint density at radius 1 is 1.00 bits per heavy atom. The van der Waals surface area contributed by atoms with Crippen LogP contribution in [0.25, 0.3) is 11.1 Å². The van der Waals surface area contributed by atoms with Crippen molar-refractivity contribution in [2.24, 2.45) is 0 Å². The zero-order valence-electron chi connectivity index (χ0n) is 14.0. The Kier molecular flexibility index (Phi) is 5.33. The van der Waals surface area contributed by atoms with Crippen molar-refractivity contribution in [3.05, 3.63) is 88.4 Å². The van der Waals surface area contributed by atoms with Crippen molar-refractivity contribution in [2.75, 3.05) is 5.32 Å². The summed E-state index contributed by atoms with van der Waals surface area (Å²) in [6, 6.07) is 18.5. The molecular weight excluding hydrogens is 356 g/mol. The first-order valence-electron chi connectivity index (χ1n) is 8.01. The molecule has 0 aliphatic carbocycles. The van der Waals surface area contributed by atoms with E-state index >= 15 is 0 Å². The molecule has 0 spiro atoms. The van der Waals surface area contributed by atoms with Gasteiger partial charge < -0.3 is 5.32 Å². The molecule has 5 heteroatoms. The minimum Gasteiger partial charge on any atom is -0.321 e. The lowest BCUT2D eigenvalue weighted by molar-refractivity contribution is 0.101. The number of halogens is 3. The summed E-state index contributed by atoms with van der Waals surface area (Å²) in [5.74, 6) is -0.570. The summed E-state index contributed by atoms with van der Waals surface area (Å²) in [5, 5.41) is 3.40. The normalized spacial score (nSPS) is 10.8. The second-order valence-electron chi connectivity index (χ2n) is 5.85. The van der Waals surface area contributed by atoms with E-state index in [2.05, 4.69) is 5.32 Å². The molecule has 2 nitrogen and oxygen atoms in total. The van der Waals surface area contributed by atoms with Gasteiger partial charge in [-0.1, -0.05) is 54.1 Å². The molecule has 0 heterocycles. The first kappa shape index (κ1) is 18.1. The molecule has 26 heavy (non-hydrogen) atoms. The predicted molar refractivity (Wildman–Crippen MR) is 101 cm³/mol. The number of rotatable bonds is 4. The summed E-state index contributed by atoms with van der Waals surface area (Å²) in [7, 11) is 0. The standard InChI is InChI=1S/C21H16ClF2NO/c1-13-12-14(10-11-18(13)22)15-6-4-5-9-19(15)25-21(26)17-8-3-2-7-16(17)20(23)24/h2-12,20H,1H3,(H,25,26). The SMILES string of the molecule is Cc1cc(-c2ccccc2NC(=O)c2ccccc2C(F)F)ccc1Cl. The number of hydrogen-bond acceptors (Lipinski definition) is 1. The highest BCUT2D eigenvalue weighted by molar-refractivity contribution is 6.31. The van der Waals surface area contributed by atoms with Gasteiger partial charge in [-0.15, -0.1) is 0 Å². The van der Waals surface area contributed by atoms with Crippen molar-refractivity contribution in [3.63, 3.8) is 0 Å². The maximum absolute atomic E-state index is 13.2. The van der Waals surface area contributed by atoms with Crippen LogP contribution in [0.1, 0.15) is 27.9 Å². The number of nitrogens with one attached hydrogen (secondary N) is 1. The summed E-state index contributed by atoms with van der Waals surface area (Å²) in [6.45, 7) is 1.89. The van der Waals surface area contributed by atoms with Crippen molar-refractivity contribution in [1.29, 1.82) is 0 Å². The van der Waals surface area contributed by atoms with Crippen LogP contribution >= 0.6 is 11.6 Å². The monoisotopic (exact) mass is 371 g/mol. The van der Waals surface area contributed by atoms with Gasteiger partial charge in [0.05, 0.1) is 0 Å². The van der Waals surface area contributed by atoms with Gasteiger partial charge in [-0.3, -0.25) is 4.79 Å². The summed E-state index contributed by atoms with van der Waals surface area (Å²) in [6.07, 6.45) is -2.72. The quantitative estimate of drug-likeness (QED) is 0.556. The van der Waals surface area contributed by atoms with E-state index in [1.54, 1.807) is 24.3 Å². The van der Waals surface area contributed by atoms with E-state index < -0.39 is 12.3 Å². The van der Waals surface area contributed by atoms with Crippen LogP contribution in [0, 0.1) is 6.92 Å². The highest BCUT2D eigenvalue weighted by Gasteiger charge is 2.18. The third-order valence-corrected chi connectivity index (χ3v) is 4.51. The van der Waals surface area contributed by atoms with Crippen molar-refractivity contribution >= 4 is 23.2 Å². The molecule has 0 saturated heterocycles. The second-order valence-corrected chi connectivity index (χ2v) is 6.26. The zero-order chi connectivity index (χ0) is 18.7. The Bertz CT molecular complexity index is 956. The number of anilines is 1. The van der Waals surface area contributed by atoms with Gasteiger partial charge in [-0.2, -0.15) is 0 Å². The molecule has 0 saturated carbocycles. The molecule has 0 aliphatic rings. The minimum absolute atomic E-state index is 0.0374. The fraction of sp³-hybridized carbons (Fsp3) is 0.0952. The predicted octanol–water partition coefficient (Wildman–Crippen LogP) is 6.51. The highest BCUT2D eigenvalue weighted by Crippen LogP contribution is 2.31. The van der Waals surface area contributed by atoms with Gasteiger partial charge in [0.15, 0.2) is 0 Å². The van der Waals surface area contributed by atoms with E-state index in [0.717, 1.165) is 16.7 Å². The number of carbonyl (C=O) groups is 1. The summed E-state index contributed by atoms with van der Waals surface area (Å²) >= 11 is 6.08. The van der Waals surface area contributed by atoms with E-state index in [4.69, 9.17) is 11.6 Å². The third kappa shape index (κ3) is 3.75. The topological polar surface area (TPSA) is 29.1 Å². The van der Waals surface area contributed by atoms with E-state index in [1.165, 1.54) is 18.2 Å². The van der Waals surface area contributed by atoms with Crippen LogP contribution in [0.3, 0.4) is 0 Å². The van der Waals surface area contributed by atoms with Gasteiger partial charge in [0.1, 0.15) is 0 Å². The number of amides is 1. The Balaban J connectivity index is 1.97. The molecular formula is C21H16ClF2NO. The van der Waals surface area contributed by atoms with Gasteiger partial charge in [-0.05, 0) is 42.3 Å². The van der Waals surface area contributed by atoms with Crippen LogP contribution in [0.2, 0.25) is 5.02 Å². The number of alkyl halides is 2. The summed E-state index contributed by atoms with van der Waals surface area (Å²) in [4.78, 5) is 12.6. The van der Waals surface area contributed by atoms with Crippen LogP contribution < -0.4 is 5.32 Å². The Hall–Kier alpha value is -2.72. The zero-order valence-corrected chi connectivity index (χ0v) is 14.7. The summed E-state index contributed by atoms with van der Waals surface area (Å²) < 4.78 is 26.3. The van der Waals surface area contributed by atoms with Crippen molar-refractivity contribution in [1.82, 2.24) is 0 Å². The van der Waals surface area contributed by atoms with Crippen LogP contribution in [0.4, 0.5) is 14.5 Å². The Morgan fingerprint density at radius 3 is 2.42 bits per heavy atom. The van der Waals surface area contributed by atoms with Crippen LogP contribution in [-0.2, 0) is 0 Å². The van der Waals surface area contributed by atoms with E-state index in [1.807, 2.05) is 31.2 Å². The van der Waals surface area contributed by atoms with E-state index in [9.17, 15) is 13.6 Å². The summed E-state index contributed by atoms with van der Waals surface area (Å²) in [5.41, 5.74) is 2.80. The van der Waals surface area contributed by atoms with Crippen LogP contribution in [0.15, 0.2) is 66.7 Å². The van der Waals surface area contributed by atoms with Crippen molar-refractivity contribution < 1.29 is 13.6 Å². The molecule has 132 valence electrons. The fourth-order valence-electron chi connectivity index (χ4n) is 2.74. The molecule has 0 atom stereocenters. The number of carbonyl (C=O) groups excluding carboxylic acids is 1. The maximum Gasteiger partial charge on any atom is 0.264 e. The van der Waals surface area contributed by atoms with Crippen molar-refractivity contribution in [3.8, 4) is 11.1 Å². The molecule has 0 aliphatic heterocycles. The highest BCUT2D eigenvalue weighted by atomic mass is 35.5. The molecule has 0 radical (unpaired) electrons. The van der Waals surface area contributed by atoms with Gasteiger partial charge in [-0.25, -0.2) is 8.78 Å². The first-order valence-corrected chi connectivity index (χ1v) is 8.39. The van der Waals surface area contributed by atoms with E-state index in [0.29, 0.717) is 10.7 Å². The van der Waals surface area contributed by atoms with E-state index in [-0.39, 0.29) is 11.1 Å². The lowest BCUT2D eigenvalue weighted by atomic mass is 10.0. The molecule has 1 N–H and O–H groups in total. The average Bonchev–Trinajstić information content (AvgIpc) is 2.64. The van der Waals surface area contributed by atoms with Gasteiger partial charge in [0.2, 0.25) is 0 Å². The number of hydrogen-bond donors (Lipinski definition) is 1. The molecule has 3 aromatic rings. The van der Waals surface area contributed by atoms with Crippen LogP contribution in [-0.4, -0.2) is 5.91 Å². The van der Waals surface area contributed by atoms with Gasteiger partial charge in [0, 0.05) is 27.4 Å². The molecule has 3 rings (SSSR count). The molecule has 3 aromatic carbocycles. The molecule has 0 bridgehead atoms. The maximum atomic E-state index is 13.2. The Morgan fingerprint density at radius 2 is 1.69 bits per heavy atom. The second kappa shape index (κ2) is 7.67. The number of benzene rings is 3. The molecule has 1 amide bonds. The first-order chi connectivity index (χ1) is 12.5. The van der Waals surface area contributed by atoms with Crippen LogP contribution in [0.5, 0.6) is 0 Å². The lowest BCUT2D eigenvalue weighted by Crippen LogP contribution is -2.15. The lowest BCUT2D eigenvalue weighted by Gasteiger charge is -2.14. The largest absolute Gasteiger partial charge is 0.321 e. The molecule has 0 aromatic heterocycles. The molecule has 0 unspecified atom stereocenters. The molecule has 0 fully saturated rings. The number of para-hydroxylation sites is 1. The smallest absolute Gasteiger partial charge is 0.264 e. The Labute approximate surface area is 155 Å². The fourth-order valence-corrected chi connectivity index (χ4v) is 2.86. The van der Waals surface area contributed by atoms with Gasteiger partial charge >= 0.3 is 0 Å². The minimum atomic E-state index is -2.72.